The van der Waals surface area contributed by atoms with Gasteiger partial charge in [-0.3, -0.25) is 19.0 Å². The Morgan fingerprint density at radius 3 is 2.61 bits per heavy atom. The normalized spacial score (nSPS) is 11.0. The van der Waals surface area contributed by atoms with E-state index in [2.05, 4.69) is 10.3 Å². The molecule has 1 amide bonds. The van der Waals surface area contributed by atoms with Crippen molar-refractivity contribution in [2.24, 2.45) is 0 Å². The number of anilines is 1. The SMILES string of the molecule is CCC(=O)Nc1ccc(C(=O)Cn2cnc3c(oc4ccccc43)c2=O)cc1. The molecule has 7 heteroatoms. The van der Waals surface area contributed by atoms with Crippen molar-refractivity contribution in [1.82, 2.24) is 9.55 Å². The molecule has 2 aromatic heterocycles. The summed E-state index contributed by atoms with van der Waals surface area (Å²) in [5.74, 6) is -0.344. The van der Waals surface area contributed by atoms with Gasteiger partial charge in [0, 0.05) is 23.1 Å². The van der Waals surface area contributed by atoms with E-state index >= 15 is 0 Å². The molecule has 0 atom stereocenters. The highest BCUT2D eigenvalue weighted by Gasteiger charge is 2.15. The van der Waals surface area contributed by atoms with Gasteiger partial charge in [-0.1, -0.05) is 19.1 Å². The van der Waals surface area contributed by atoms with Gasteiger partial charge in [-0.15, -0.1) is 0 Å². The summed E-state index contributed by atoms with van der Waals surface area (Å²) < 4.78 is 6.86. The number of Topliss-reactive ketones (excluding diaryl/α,β-unsaturated/α-hetero) is 1. The average molecular weight is 375 g/mol. The minimum atomic E-state index is -0.402. The number of hydrogen-bond acceptors (Lipinski definition) is 5. The maximum Gasteiger partial charge on any atom is 0.297 e. The molecule has 0 aliphatic rings. The second-order valence-electron chi connectivity index (χ2n) is 6.36. The lowest BCUT2D eigenvalue weighted by atomic mass is 10.1. The van der Waals surface area contributed by atoms with Gasteiger partial charge in [-0.2, -0.15) is 0 Å². The topological polar surface area (TPSA) is 94.2 Å². The molecule has 0 aliphatic carbocycles. The summed E-state index contributed by atoms with van der Waals surface area (Å²) in [5.41, 5.74) is 1.85. The van der Waals surface area contributed by atoms with E-state index in [4.69, 9.17) is 4.42 Å². The summed E-state index contributed by atoms with van der Waals surface area (Å²) in [7, 11) is 0. The number of nitrogens with one attached hydrogen (secondary N) is 1. The van der Waals surface area contributed by atoms with Crippen LogP contribution in [0.4, 0.5) is 5.69 Å². The third-order valence-corrected chi connectivity index (χ3v) is 4.48. The van der Waals surface area contributed by atoms with Crippen molar-refractivity contribution in [3.8, 4) is 0 Å². The van der Waals surface area contributed by atoms with Gasteiger partial charge in [0.2, 0.25) is 11.5 Å². The number of benzene rings is 2. The Kier molecular flexibility index (Phi) is 4.49. The number of carbonyl (C=O) groups is 2. The van der Waals surface area contributed by atoms with Crippen molar-refractivity contribution in [3.63, 3.8) is 0 Å². The maximum atomic E-state index is 12.7. The van der Waals surface area contributed by atoms with E-state index in [1.165, 1.54) is 10.9 Å². The van der Waals surface area contributed by atoms with Crippen LogP contribution in [0.2, 0.25) is 0 Å². The van der Waals surface area contributed by atoms with Gasteiger partial charge < -0.3 is 9.73 Å². The van der Waals surface area contributed by atoms with Crippen LogP contribution in [0.1, 0.15) is 23.7 Å². The van der Waals surface area contributed by atoms with Gasteiger partial charge in [0.15, 0.2) is 5.78 Å². The first-order valence-electron chi connectivity index (χ1n) is 8.86. The second-order valence-corrected chi connectivity index (χ2v) is 6.36. The fourth-order valence-corrected chi connectivity index (χ4v) is 2.96. The summed E-state index contributed by atoms with van der Waals surface area (Å²) in [6.07, 6.45) is 1.74. The maximum absolute atomic E-state index is 12.7. The van der Waals surface area contributed by atoms with Crippen molar-refractivity contribution < 1.29 is 14.0 Å². The Morgan fingerprint density at radius 2 is 1.86 bits per heavy atom. The van der Waals surface area contributed by atoms with Crippen LogP contribution in [0.3, 0.4) is 0 Å². The first-order valence-corrected chi connectivity index (χ1v) is 8.86. The second kappa shape index (κ2) is 7.11. The number of hydrogen-bond donors (Lipinski definition) is 1. The number of fused-ring (bicyclic) bond motifs is 3. The highest BCUT2D eigenvalue weighted by atomic mass is 16.3. The molecule has 4 rings (SSSR count). The molecular weight excluding hydrogens is 358 g/mol. The van der Waals surface area contributed by atoms with Gasteiger partial charge in [0.25, 0.3) is 5.56 Å². The molecule has 0 unspecified atom stereocenters. The molecule has 4 aromatic rings. The molecule has 2 heterocycles. The van der Waals surface area contributed by atoms with E-state index in [0.29, 0.717) is 28.8 Å². The number of amides is 1. The lowest BCUT2D eigenvalue weighted by Crippen LogP contribution is -2.24. The third-order valence-electron chi connectivity index (χ3n) is 4.48. The van der Waals surface area contributed by atoms with Crippen LogP contribution in [0.15, 0.2) is 64.1 Å². The molecule has 0 spiro atoms. The first-order chi connectivity index (χ1) is 13.6. The zero-order valence-electron chi connectivity index (χ0n) is 15.1. The van der Waals surface area contributed by atoms with Crippen LogP contribution in [0, 0.1) is 0 Å². The number of rotatable bonds is 5. The fraction of sp³-hybridized carbons (Fsp3) is 0.143. The molecule has 0 bridgehead atoms. The summed E-state index contributed by atoms with van der Waals surface area (Å²) >= 11 is 0. The monoisotopic (exact) mass is 375 g/mol. The standard InChI is InChI=1S/C21H17N3O4/c1-2-18(26)23-14-9-7-13(8-10-14)16(25)11-24-12-22-19-15-5-3-4-6-17(15)28-20(19)21(24)27/h3-10,12H,2,11H2,1H3,(H,23,26). The summed E-state index contributed by atoms with van der Waals surface area (Å²) in [5, 5.41) is 3.48. The van der Waals surface area contributed by atoms with E-state index in [1.807, 2.05) is 18.2 Å². The van der Waals surface area contributed by atoms with Crippen LogP contribution < -0.4 is 10.9 Å². The number of nitrogens with zero attached hydrogens (tertiary/aromatic N) is 2. The van der Waals surface area contributed by atoms with Crippen molar-refractivity contribution in [1.29, 1.82) is 0 Å². The molecule has 140 valence electrons. The van der Waals surface area contributed by atoms with Crippen molar-refractivity contribution >= 4 is 39.4 Å². The summed E-state index contributed by atoms with van der Waals surface area (Å²) in [4.78, 5) is 41.0. The zero-order chi connectivity index (χ0) is 19.7. The fourth-order valence-electron chi connectivity index (χ4n) is 2.96. The van der Waals surface area contributed by atoms with Crippen molar-refractivity contribution in [2.45, 2.75) is 19.9 Å². The largest absolute Gasteiger partial charge is 0.448 e. The Bertz CT molecular complexity index is 1250. The predicted molar refractivity (Wildman–Crippen MR) is 105 cm³/mol. The van der Waals surface area contributed by atoms with E-state index in [-0.39, 0.29) is 23.8 Å². The number of carbonyl (C=O) groups excluding carboxylic acids is 2. The molecule has 2 aromatic carbocycles. The van der Waals surface area contributed by atoms with E-state index in [1.54, 1.807) is 37.3 Å². The van der Waals surface area contributed by atoms with Gasteiger partial charge in [-0.25, -0.2) is 4.98 Å². The van der Waals surface area contributed by atoms with Crippen LogP contribution >= 0.6 is 0 Å². The zero-order valence-corrected chi connectivity index (χ0v) is 15.1. The minimum absolute atomic E-state index is 0.101. The lowest BCUT2D eigenvalue weighted by Gasteiger charge is -2.06. The Hall–Kier alpha value is -3.74. The number of para-hydroxylation sites is 1. The van der Waals surface area contributed by atoms with Crippen LogP contribution in [-0.2, 0) is 11.3 Å². The third kappa shape index (κ3) is 3.18. The molecule has 0 saturated carbocycles. The lowest BCUT2D eigenvalue weighted by molar-refractivity contribution is -0.115. The molecule has 1 N–H and O–H groups in total. The number of aromatic nitrogens is 2. The molecule has 0 fully saturated rings. The highest BCUT2D eigenvalue weighted by Crippen LogP contribution is 2.24. The summed E-state index contributed by atoms with van der Waals surface area (Å²) in [6.45, 7) is 1.61. The van der Waals surface area contributed by atoms with Gasteiger partial charge in [0.1, 0.15) is 11.1 Å². The molecular formula is C21H17N3O4. The average Bonchev–Trinajstić information content (AvgIpc) is 3.10. The van der Waals surface area contributed by atoms with E-state index in [0.717, 1.165) is 5.39 Å². The quantitative estimate of drug-likeness (QED) is 0.540. The first kappa shape index (κ1) is 17.7. The Balaban J connectivity index is 1.60. The molecule has 0 saturated heterocycles. The van der Waals surface area contributed by atoms with E-state index < -0.39 is 5.56 Å². The van der Waals surface area contributed by atoms with Gasteiger partial charge in [0.05, 0.1) is 12.9 Å². The summed E-state index contributed by atoms with van der Waals surface area (Å²) in [6, 6.07) is 13.8. The van der Waals surface area contributed by atoms with E-state index in [9.17, 15) is 14.4 Å². The number of ketones is 1. The smallest absolute Gasteiger partial charge is 0.297 e. The highest BCUT2D eigenvalue weighted by molar-refractivity contribution is 6.02. The van der Waals surface area contributed by atoms with Gasteiger partial charge >= 0.3 is 0 Å². The minimum Gasteiger partial charge on any atom is -0.448 e. The van der Waals surface area contributed by atoms with Crippen LogP contribution in [-0.4, -0.2) is 21.2 Å². The Labute approximate surface area is 159 Å². The van der Waals surface area contributed by atoms with Gasteiger partial charge in [-0.05, 0) is 36.4 Å². The van der Waals surface area contributed by atoms with Crippen molar-refractivity contribution in [3.05, 3.63) is 70.8 Å². The molecule has 28 heavy (non-hydrogen) atoms. The Morgan fingerprint density at radius 1 is 1.11 bits per heavy atom. The number of furan rings is 1. The van der Waals surface area contributed by atoms with Crippen molar-refractivity contribution in [2.75, 3.05) is 5.32 Å². The predicted octanol–water partition coefficient (Wildman–Crippen LogP) is 3.37. The molecule has 0 aliphatic heterocycles. The molecule has 7 nitrogen and oxygen atoms in total. The molecule has 0 radical (unpaired) electrons. The van der Waals surface area contributed by atoms with Crippen LogP contribution in [0.25, 0.3) is 22.1 Å². The van der Waals surface area contributed by atoms with Crippen LogP contribution in [0.5, 0.6) is 0 Å².